The number of ketones is 4. The minimum atomic E-state index is -1.18. The number of piperidine rings is 2. The second kappa shape index (κ2) is 34.9. The quantitative estimate of drug-likeness (QED) is 0.0548. The second-order valence-electron chi connectivity index (χ2n) is 25.8. The van der Waals surface area contributed by atoms with Gasteiger partial charge in [0.05, 0.1) is 101 Å². The summed E-state index contributed by atoms with van der Waals surface area (Å²) in [5.74, 6) is -2.64. The van der Waals surface area contributed by atoms with Crippen LogP contribution in [0.2, 0.25) is 0 Å². The number of hydrogen-bond donors (Lipinski definition) is 1. The van der Waals surface area contributed by atoms with Crippen LogP contribution in [0.15, 0.2) is 171 Å². The van der Waals surface area contributed by atoms with E-state index in [0.29, 0.717) is 101 Å². The summed E-state index contributed by atoms with van der Waals surface area (Å²) < 4.78 is 40.4. The molecule has 0 saturated carbocycles. The van der Waals surface area contributed by atoms with Crippen molar-refractivity contribution in [2.45, 2.75) is 154 Å². The van der Waals surface area contributed by atoms with Gasteiger partial charge >= 0.3 is 23.9 Å². The molecule has 4 fully saturated rings. The van der Waals surface area contributed by atoms with Crippen molar-refractivity contribution in [3.05, 3.63) is 216 Å². The van der Waals surface area contributed by atoms with Crippen LogP contribution in [0, 0.1) is 0 Å². The summed E-state index contributed by atoms with van der Waals surface area (Å²) in [4.78, 5) is 118. The van der Waals surface area contributed by atoms with Crippen molar-refractivity contribution in [2.24, 2.45) is 0 Å². The predicted octanol–water partition coefficient (Wildman–Crippen LogP) is 10.9. The molecule has 536 valence electrons. The molecule has 0 bridgehead atoms. The number of hydrogen-bond acceptors (Lipinski definition) is 20. The first-order chi connectivity index (χ1) is 48.0. The molecule has 4 aromatic carbocycles. The van der Waals surface area contributed by atoms with E-state index < -0.39 is 46.3 Å². The molecule has 8 heterocycles. The molecule has 4 aliphatic rings. The van der Waals surface area contributed by atoms with Gasteiger partial charge in [-0.2, -0.15) is 0 Å². The minimum Gasteiger partial charge on any atom is -0.446 e. The van der Waals surface area contributed by atoms with Crippen LogP contribution < -0.4 is 5.32 Å². The maximum Gasteiger partial charge on any atom is 0.357 e. The molecule has 1 N–H and O–H groups in total. The van der Waals surface area contributed by atoms with Crippen LogP contribution in [0.3, 0.4) is 0 Å². The van der Waals surface area contributed by atoms with Gasteiger partial charge in [0.1, 0.15) is 22.8 Å². The number of rotatable bonds is 20. The Morgan fingerprint density at radius 1 is 0.386 bits per heavy atom. The van der Waals surface area contributed by atoms with Crippen molar-refractivity contribution in [1.29, 1.82) is 0 Å². The number of Topliss-reactive ketones (excluding diaryl/α,β-unsaturated/α-hetero) is 4. The third-order valence-electron chi connectivity index (χ3n) is 19.5. The Labute approximate surface area is 590 Å². The minimum absolute atomic E-state index is 0. The Kier molecular flexibility index (Phi) is 26.6. The average molecular weight is 1380 g/mol. The van der Waals surface area contributed by atoms with E-state index in [0.717, 1.165) is 35.3 Å². The van der Waals surface area contributed by atoms with Gasteiger partial charge in [0.15, 0.2) is 45.5 Å². The van der Waals surface area contributed by atoms with Crippen LogP contribution in [-0.4, -0.2) is 172 Å². The molecule has 101 heavy (non-hydrogen) atoms. The highest BCUT2D eigenvalue weighted by atomic mass is 16.6. The molecule has 0 spiro atoms. The standard InChI is InChI=1S/C20H25N3O3.C19H23N3O3.C19H22N2O4.C18H20N2O4.CH4/c1-15(17-7-5-4-6-8-17)23-14-21-13-18(23)19(25)26-20(16(2)24)9-11-22(3)12-10-20;1-14(16-6-4-3-5-7-16)22-13-21-12-17(22)18(24)25-19(15(2)23)8-10-20-11-9-19;1-14(16-6-4-3-5-7-16)21-13-20-12-17(21)18(23)25-19(15(2)22)8-10-24-11-9-19;1-13(15-6-4-3-5-7-15)20-12-19-10-16(20)17(22)24-18(14(2)21)8-9-23-11-18;/h4-8,13-15H,9-12H2,1-3H3;3-7,12-14,20H,8-11H2,1-2H3;3-7,12-14H,8-11H2,1-2H3;3-7,10,12-13H,8-9,11H2,1-2H3;1H4/t15-;2*14-;13-,18?;/m1111./s1. The van der Waals surface area contributed by atoms with Gasteiger partial charge in [0.25, 0.3) is 0 Å². The summed E-state index contributed by atoms with van der Waals surface area (Å²) in [5, 5.41) is 3.19. The molecule has 0 aliphatic carbocycles. The van der Waals surface area contributed by atoms with E-state index in [2.05, 4.69) is 30.2 Å². The van der Waals surface area contributed by atoms with Crippen molar-refractivity contribution in [1.82, 2.24) is 48.4 Å². The highest BCUT2D eigenvalue weighted by Crippen LogP contribution is 2.33. The molecule has 8 aromatic rings. The lowest BCUT2D eigenvalue weighted by atomic mass is 9.87. The number of carbonyl (C=O) groups excluding carboxylic acids is 8. The van der Waals surface area contributed by atoms with Gasteiger partial charge in [-0.3, -0.25) is 19.2 Å². The van der Waals surface area contributed by atoms with E-state index in [1.165, 1.54) is 52.5 Å². The second-order valence-corrected chi connectivity index (χ2v) is 25.8. The van der Waals surface area contributed by atoms with Gasteiger partial charge in [-0.15, -0.1) is 0 Å². The van der Waals surface area contributed by atoms with Crippen LogP contribution in [0.4, 0.5) is 0 Å². The fourth-order valence-electron chi connectivity index (χ4n) is 12.6. The average Bonchev–Trinajstić information content (AvgIpc) is 1.82. The molecule has 24 heteroatoms. The van der Waals surface area contributed by atoms with Crippen molar-refractivity contribution in [2.75, 3.05) is 59.7 Å². The normalized spacial score (nSPS) is 18.5. The summed E-state index contributed by atoms with van der Waals surface area (Å²) in [5.41, 5.74) is 1.28. The number of aromatic nitrogens is 8. The highest BCUT2D eigenvalue weighted by Gasteiger charge is 2.47. The van der Waals surface area contributed by atoms with E-state index in [-0.39, 0.29) is 61.3 Å². The van der Waals surface area contributed by atoms with Crippen LogP contribution >= 0.6 is 0 Å². The van der Waals surface area contributed by atoms with E-state index in [4.69, 9.17) is 28.4 Å². The van der Waals surface area contributed by atoms with E-state index in [1.807, 2.05) is 156 Å². The first-order valence-corrected chi connectivity index (χ1v) is 33.8. The summed E-state index contributed by atoms with van der Waals surface area (Å²) >= 11 is 0. The molecule has 0 radical (unpaired) electrons. The molecule has 1 unspecified atom stereocenters. The number of esters is 4. The van der Waals surface area contributed by atoms with Gasteiger partial charge in [0.2, 0.25) is 0 Å². The zero-order valence-corrected chi connectivity index (χ0v) is 58.3. The first kappa shape index (κ1) is 76.9. The molecule has 5 atom stereocenters. The van der Waals surface area contributed by atoms with Gasteiger partial charge in [-0.05, 0) is 97.8 Å². The summed E-state index contributed by atoms with van der Waals surface area (Å²) in [7, 11) is 2.00. The smallest absolute Gasteiger partial charge is 0.357 e. The van der Waals surface area contributed by atoms with Gasteiger partial charge in [-0.1, -0.05) is 129 Å². The molecule has 0 amide bonds. The number of nitrogens with one attached hydrogen (secondary N) is 1. The number of likely N-dealkylation sites (tertiary alicyclic amines) is 1. The molecular weight excluding hydrogens is 1290 g/mol. The molecular formula is C77H94N10O14. The van der Waals surface area contributed by atoms with E-state index in [9.17, 15) is 38.4 Å². The van der Waals surface area contributed by atoms with Crippen molar-refractivity contribution >= 4 is 47.0 Å². The fourth-order valence-corrected chi connectivity index (χ4v) is 12.6. The lowest BCUT2D eigenvalue weighted by Gasteiger charge is -2.38. The Balaban J connectivity index is 0.000000171. The lowest BCUT2D eigenvalue weighted by molar-refractivity contribution is -0.146. The zero-order chi connectivity index (χ0) is 71.6. The third kappa shape index (κ3) is 18.4. The molecule has 12 rings (SSSR count). The van der Waals surface area contributed by atoms with Gasteiger partial charge in [-0.25, -0.2) is 39.1 Å². The topological polar surface area (TPSA) is 278 Å². The predicted molar refractivity (Wildman–Crippen MR) is 376 cm³/mol. The van der Waals surface area contributed by atoms with Crippen molar-refractivity contribution in [3.63, 3.8) is 0 Å². The number of imidazole rings is 4. The Morgan fingerprint density at radius 2 is 0.644 bits per heavy atom. The van der Waals surface area contributed by atoms with Crippen molar-refractivity contribution < 1.29 is 66.8 Å². The van der Waals surface area contributed by atoms with E-state index in [1.54, 1.807) is 43.6 Å². The van der Waals surface area contributed by atoms with E-state index >= 15 is 0 Å². The van der Waals surface area contributed by atoms with Crippen LogP contribution in [0.5, 0.6) is 0 Å². The maximum atomic E-state index is 12.9. The van der Waals surface area contributed by atoms with Crippen LogP contribution in [0.25, 0.3) is 0 Å². The molecule has 4 aliphatic heterocycles. The monoisotopic (exact) mass is 1380 g/mol. The Hall–Kier alpha value is -9.88. The summed E-state index contributed by atoms with van der Waals surface area (Å²) in [6.45, 7) is 18.0. The number of benzene rings is 4. The Bertz CT molecular complexity index is 3920. The molecule has 24 nitrogen and oxygen atoms in total. The first-order valence-electron chi connectivity index (χ1n) is 33.8. The fraction of sp³-hybridized carbons (Fsp3) is 0.429. The van der Waals surface area contributed by atoms with Gasteiger partial charge in [0, 0.05) is 58.0 Å². The molecule has 4 saturated heterocycles. The largest absolute Gasteiger partial charge is 0.446 e. The van der Waals surface area contributed by atoms with Crippen LogP contribution in [0.1, 0.15) is 196 Å². The summed E-state index contributed by atoms with van der Waals surface area (Å²) in [6, 6.07) is 39.1. The maximum absolute atomic E-state index is 12.9. The summed E-state index contributed by atoms with van der Waals surface area (Å²) in [6.07, 6.45) is 15.6. The highest BCUT2D eigenvalue weighted by molar-refractivity contribution is 5.95. The lowest BCUT2D eigenvalue weighted by Crippen LogP contribution is -2.50. The number of carbonyl (C=O) groups is 8. The number of nitrogens with zero attached hydrogens (tertiary/aromatic N) is 9. The SMILES string of the molecule is C.CC(=O)C1(OC(=O)c2cncn2[C@H](C)c2ccccc2)CCN(C)CC1.CC(=O)C1(OC(=O)c2cncn2[C@H](C)c2ccccc2)CCNCC1.CC(=O)C1(OC(=O)c2cncn2[C@H](C)c2ccccc2)CCOC1.CC(=O)C1(OC(=O)c2cncn2[C@H](C)c2ccccc2)CCOCC1. The Morgan fingerprint density at radius 3 is 0.921 bits per heavy atom. The van der Waals surface area contributed by atoms with Crippen LogP contribution in [-0.2, 0) is 47.6 Å². The zero-order valence-electron chi connectivity index (χ0n) is 58.3. The molecule has 4 aromatic heterocycles. The van der Waals surface area contributed by atoms with Crippen molar-refractivity contribution in [3.8, 4) is 0 Å². The third-order valence-corrected chi connectivity index (χ3v) is 19.5. The number of ether oxygens (including phenoxy) is 6. The van der Waals surface area contributed by atoms with Gasteiger partial charge < -0.3 is 56.9 Å².